The van der Waals surface area contributed by atoms with Crippen LogP contribution in [0.3, 0.4) is 0 Å². The van der Waals surface area contributed by atoms with Crippen molar-refractivity contribution < 1.29 is 17.9 Å². The van der Waals surface area contributed by atoms with Crippen LogP contribution < -0.4 is 4.74 Å². The van der Waals surface area contributed by atoms with E-state index in [-0.39, 0.29) is 5.75 Å². The second kappa shape index (κ2) is 4.41. The Kier molecular flexibility index (Phi) is 3.11. The van der Waals surface area contributed by atoms with Gasteiger partial charge in [-0.25, -0.2) is 0 Å². The quantitative estimate of drug-likeness (QED) is 0.820. The molecule has 0 saturated carbocycles. The van der Waals surface area contributed by atoms with Crippen molar-refractivity contribution in [3.63, 3.8) is 0 Å². The van der Waals surface area contributed by atoms with E-state index in [1.54, 1.807) is 18.2 Å². The molecule has 0 N–H and O–H groups in total. The number of hydrogen-bond donors (Lipinski definition) is 0. The maximum Gasteiger partial charge on any atom is 0.422 e. The molecule has 1 aromatic heterocycles. The first-order chi connectivity index (χ1) is 7.96. The van der Waals surface area contributed by atoms with E-state index in [9.17, 15) is 13.2 Å². The minimum atomic E-state index is -4.36. The van der Waals surface area contributed by atoms with Crippen LogP contribution in [0.15, 0.2) is 30.5 Å². The van der Waals surface area contributed by atoms with Crippen molar-refractivity contribution in [1.29, 1.82) is 0 Å². The highest BCUT2D eigenvalue weighted by atomic mass is 35.5. The monoisotopic (exact) mass is 261 g/mol. The fourth-order valence-corrected chi connectivity index (χ4v) is 1.55. The fourth-order valence-electron chi connectivity index (χ4n) is 1.38. The van der Waals surface area contributed by atoms with E-state index in [1.807, 2.05) is 0 Å². The zero-order chi connectivity index (χ0) is 12.5. The minimum Gasteiger partial charge on any atom is -0.483 e. The van der Waals surface area contributed by atoms with Crippen molar-refractivity contribution in [1.82, 2.24) is 4.98 Å². The van der Waals surface area contributed by atoms with E-state index in [4.69, 9.17) is 16.3 Å². The summed E-state index contributed by atoms with van der Waals surface area (Å²) in [5.41, 5.74) is 0.497. The SMILES string of the molecule is FC(F)(F)COc1ccnc2cc(Cl)ccc12. The van der Waals surface area contributed by atoms with E-state index >= 15 is 0 Å². The molecular formula is C11H7ClF3NO. The van der Waals surface area contributed by atoms with E-state index in [1.165, 1.54) is 12.3 Å². The summed E-state index contributed by atoms with van der Waals surface area (Å²) in [5.74, 6) is 0.143. The van der Waals surface area contributed by atoms with Gasteiger partial charge in [-0.1, -0.05) is 11.6 Å². The zero-order valence-electron chi connectivity index (χ0n) is 8.46. The highest BCUT2D eigenvalue weighted by molar-refractivity contribution is 6.31. The van der Waals surface area contributed by atoms with Gasteiger partial charge in [0.1, 0.15) is 5.75 Å². The lowest BCUT2D eigenvalue weighted by Gasteiger charge is -2.10. The van der Waals surface area contributed by atoms with Crippen LogP contribution in [0, 0.1) is 0 Å². The van der Waals surface area contributed by atoms with Crippen LogP contribution in [0.5, 0.6) is 5.75 Å². The first-order valence-corrected chi connectivity index (χ1v) is 5.07. The molecule has 90 valence electrons. The lowest BCUT2D eigenvalue weighted by Crippen LogP contribution is -2.19. The van der Waals surface area contributed by atoms with Crippen LogP contribution in [-0.2, 0) is 0 Å². The first kappa shape index (κ1) is 12.0. The standard InChI is InChI=1S/C11H7ClF3NO/c12-7-1-2-8-9(5-7)16-4-3-10(8)17-6-11(13,14)15/h1-5H,6H2. The van der Waals surface area contributed by atoms with Gasteiger partial charge in [0.05, 0.1) is 5.52 Å². The predicted molar refractivity (Wildman–Crippen MR) is 58.3 cm³/mol. The topological polar surface area (TPSA) is 22.1 Å². The van der Waals surface area contributed by atoms with Crippen LogP contribution in [0.25, 0.3) is 10.9 Å². The van der Waals surface area contributed by atoms with E-state index in [2.05, 4.69) is 4.98 Å². The van der Waals surface area contributed by atoms with Gasteiger partial charge in [-0.3, -0.25) is 4.98 Å². The molecule has 0 aliphatic rings. The summed E-state index contributed by atoms with van der Waals surface area (Å²) in [6.07, 6.45) is -2.98. The number of ether oxygens (including phenoxy) is 1. The van der Waals surface area contributed by atoms with Crippen molar-refractivity contribution in [3.05, 3.63) is 35.5 Å². The Morgan fingerprint density at radius 3 is 2.71 bits per heavy atom. The lowest BCUT2D eigenvalue weighted by atomic mass is 10.2. The van der Waals surface area contributed by atoms with E-state index < -0.39 is 12.8 Å². The molecule has 0 radical (unpaired) electrons. The molecular weight excluding hydrogens is 255 g/mol. The first-order valence-electron chi connectivity index (χ1n) is 4.69. The third-order valence-corrected chi connectivity index (χ3v) is 2.29. The molecule has 1 heterocycles. The summed E-state index contributed by atoms with van der Waals surface area (Å²) in [5, 5.41) is 0.971. The van der Waals surface area contributed by atoms with Gasteiger partial charge < -0.3 is 4.74 Å². The van der Waals surface area contributed by atoms with Crippen LogP contribution in [0.1, 0.15) is 0 Å². The number of benzene rings is 1. The third kappa shape index (κ3) is 3.00. The molecule has 6 heteroatoms. The summed E-state index contributed by atoms with van der Waals surface area (Å²) in [6.45, 7) is -1.32. The van der Waals surface area contributed by atoms with Crippen molar-refractivity contribution in [2.24, 2.45) is 0 Å². The molecule has 0 spiro atoms. The second-order valence-electron chi connectivity index (χ2n) is 3.37. The average Bonchev–Trinajstić information content (AvgIpc) is 2.24. The molecule has 0 fully saturated rings. The molecule has 0 aliphatic carbocycles. The molecule has 0 aliphatic heterocycles. The van der Waals surface area contributed by atoms with Gasteiger partial charge in [0, 0.05) is 16.6 Å². The van der Waals surface area contributed by atoms with Gasteiger partial charge in [0.15, 0.2) is 6.61 Å². The number of pyridine rings is 1. The van der Waals surface area contributed by atoms with Gasteiger partial charge in [-0.15, -0.1) is 0 Å². The minimum absolute atomic E-state index is 0.143. The number of alkyl halides is 3. The highest BCUT2D eigenvalue weighted by Gasteiger charge is 2.28. The molecule has 0 bridgehead atoms. The molecule has 0 atom stereocenters. The number of fused-ring (bicyclic) bond motifs is 1. The number of nitrogens with zero attached hydrogens (tertiary/aromatic N) is 1. The highest BCUT2D eigenvalue weighted by Crippen LogP contribution is 2.27. The van der Waals surface area contributed by atoms with Gasteiger partial charge in [-0.05, 0) is 24.3 Å². The molecule has 0 unspecified atom stereocenters. The van der Waals surface area contributed by atoms with Crippen LogP contribution in [0.4, 0.5) is 13.2 Å². The van der Waals surface area contributed by atoms with E-state index in [0.717, 1.165) is 0 Å². The van der Waals surface area contributed by atoms with Gasteiger partial charge in [0.2, 0.25) is 0 Å². The van der Waals surface area contributed by atoms with Gasteiger partial charge in [0.25, 0.3) is 0 Å². The molecule has 0 saturated heterocycles. The average molecular weight is 262 g/mol. The fraction of sp³-hybridized carbons (Fsp3) is 0.182. The van der Waals surface area contributed by atoms with Crippen LogP contribution in [-0.4, -0.2) is 17.8 Å². The molecule has 2 aromatic rings. The van der Waals surface area contributed by atoms with Crippen molar-refractivity contribution in [2.45, 2.75) is 6.18 Å². The summed E-state index contributed by atoms with van der Waals surface area (Å²) in [4.78, 5) is 4.00. The van der Waals surface area contributed by atoms with Gasteiger partial charge >= 0.3 is 6.18 Å². The molecule has 2 nitrogen and oxygen atoms in total. The maximum atomic E-state index is 12.0. The maximum absolute atomic E-state index is 12.0. The lowest BCUT2D eigenvalue weighted by molar-refractivity contribution is -0.153. The zero-order valence-corrected chi connectivity index (χ0v) is 9.22. The summed E-state index contributed by atoms with van der Waals surface area (Å²) in [7, 11) is 0. The molecule has 17 heavy (non-hydrogen) atoms. The Labute approximate surface area is 100.0 Å². The summed E-state index contributed by atoms with van der Waals surface area (Å²) in [6, 6.07) is 6.11. The molecule has 0 amide bonds. The van der Waals surface area contributed by atoms with Crippen LogP contribution >= 0.6 is 11.6 Å². The Bertz CT molecular complexity index is 542. The van der Waals surface area contributed by atoms with Crippen molar-refractivity contribution in [3.8, 4) is 5.75 Å². The summed E-state index contributed by atoms with van der Waals surface area (Å²) < 4.78 is 40.8. The Hall–Kier alpha value is -1.49. The van der Waals surface area contributed by atoms with Crippen LogP contribution in [0.2, 0.25) is 5.02 Å². The number of aromatic nitrogens is 1. The Balaban J connectivity index is 2.34. The Morgan fingerprint density at radius 2 is 2.00 bits per heavy atom. The second-order valence-corrected chi connectivity index (χ2v) is 3.81. The largest absolute Gasteiger partial charge is 0.483 e. The number of hydrogen-bond acceptors (Lipinski definition) is 2. The number of rotatable bonds is 2. The third-order valence-electron chi connectivity index (χ3n) is 2.06. The Morgan fingerprint density at radius 1 is 1.24 bits per heavy atom. The van der Waals surface area contributed by atoms with Gasteiger partial charge in [-0.2, -0.15) is 13.2 Å². The predicted octanol–water partition coefficient (Wildman–Crippen LogP) is 3.83. The number of halogens is 4. The smallest absolute Gasteiger partial charge is 0.422 e. The normalized spacial score (nSPS) is 11.8. The van der Waals surface area contributed by atoms with Crippen molar-refractivity contribution in [2.75, 3.05) is 6.61 Å². The van der Waals surface area contributed by atoms with E-state index in [0.29, 0.717) is 15.9 Å². The summed E-state index contributed by atoms with van der Waals surface area (Å²) >= 11 is 5.76. The van der Waals surface area contributed by atoms with Crippen molar-refractivity contribution >= 4 is 22.5 Å². The molecule has 2 rings (SSSR count). The molecule has 1 aromatic carbocycles.